The Morgan fingerprint density at radius 3 is 2.63 bits per heavy atom. The standard InChI is InChI=1S/C21H15N3O3/c1-26-18-9-8-14(13-25)11-19(18)27-21-16-6-2-3-7-17(16)23-20(24-21)15-5-4-10-22-12-15/h2-13H,1H3. The molecule has 2 aromatic carbocycles. The molecule has 4 rings (SSSR count). The van der Waals surface area contributed by atoms with Crippen molar-refractivity contribution < 1.29 is 14.3 Å². The molecule has 0 radical (unpaired) electrons. The molecular weight excluding hydrogens is 342 g/mol. The van der Waals surface area contributed by atoms with Gasteiger partial charge < -0.3 is 9.47 Å². The van der Waals surface area contributed by atoms with Crippen LogP contribution in [-0.4, -0.2) is 28.3 Å². The van der Waals surface area contributed by atoms with Crippen molar-refractivity contribution in [1.29, 1.82) is 0 Å². The normalized spacial score (nSPS) is 10.6. The van der Waals surface area contributed by atoms with Crippen LogP contribution in [0.25, 0.3) is 22.3 Å². The molecule has 6 nitrogen and oxygen atoms in total. The van der Waals surface area contributed by atoms with Gasteiger partial charge in [0.1, 0.15) is 6.29 Å². The third-order valence-corrected chi connectivity index (χ3v) is 4.02. The molecule has 0 unspecified atom stereocenters. The van der Waals surface area contributed by atoms with Crippen molar-refractivity contribution in [3.63, 3.8) is 0 Å². The minimum atomic E-state index is 0.376. The largest absolute Gasteiger partial charge is 0.493 e. The van der Waals surface area contributed by atoms with Crippen LogP contribution in [0.3, 0.4) is 0 Å². The molecule has 2 heterocycles. The number of aldehydes is 1. The van der Waals surface area contributed by atoms with E-state index < -0.39 is 0 Å². The Morgan fingerprint density at radius 1 is 0.963 bits per heavy atom. The van der Waals surface area contributed by atoms with Gasteiger partial charge in [-0.1, -0.05) is 12.1 Å². The molecule has 0 aliphatic heterocycles. The Kier molecular flexibility index (Phi) is 4.45. The lowest BCUT2D eigenvalue weighted by Crippen LogP contribution is -1.98. The van der Waals surface area contributed by atoms with Crippen molar-refractivity contribution >= 4 is 17.2 Å². The average molecular weight is 357 g/mol. The van der Waals surface area contributed by atoms with E-state index in [4.69, 9.17) is 9.47 Å². The van der Waals surface area contributed by atoms with Gasteiger partial charge in [0.15, 0.2) is 17.3 Å². The van der Waals surface area contributed by atoms with E-state index >= 15 is 0 Å². The molecule has 0 atom stereocenters. The number of pyridine rings is 1. The molecule has 0 aliphatic rings. The van der Waals surface area contributed by atoms with Crippen molar-refractivity contribution in [2.24, 2.45) is 0 Å². The second-order valence-corrected chi connectivity index (χ2v) is 5.74. The molecule has 0 N–H and O–H groups in total. The zero-order chi connectivity index (χ0) is 18.6. The topological polar surface area (TPSA) is 74.2 Å². The number of fused-ring (bicyclic) bond motifs is 1. The maximum absolute atomic E-state index is 11.1. The van der Waals surface area contributed by atoms with E-state index in [1.54, 1.807) is 37.7 Å². The molecule has 27 heavy (non-hydrogen) atoms. The Morgan fingerprint density at radius 2 is 1.85 bits per heavy atom. The van der Waals surface area contributed by atoms with Gasteiger partial charge in [-0.3, -0.25) is 9.78 Å². The fourth-order valence-electron chi connectivity index (χ4n) is 2.70. The van der Waals surface area contributed by atoms with Crippen molar-refractivity contribution in [2.75, 3.05) is 7.11 Å². The molecule has 0 fully saturated rings. The lowest BCUT2D eigenvalue weighted by Gasteiger charge is -2.13. The van der Waals surface area contributed by atoms with Crippen LogP contribution in [0.2, 0.25) is 0 Å². The molecule has 0 spiro atoms. The SMILES string of the molecule is COc1ccc(C=O)cc1Oc1nc(-c2cccnc2)nc2ccccc12. The number of nitrogens with zero attached hydrogens (tertiary/aromatic N) is 3. The van der Waals surface area contributed by atoms with Gasteiger partial charge in [0, 0.05) is 23.5 Å². The van der Waals surface area contributed by atoms with Crippen LogP contribution in [0.1, 0.15) is 10.4 Å². The second kappa shape index (κ2) is 7.21. The Hall–Kier alpha value is -3.80. The smallest absolute Gasteiger partial charge is 0.230 e. The first-order chi connectivity index (χ1) is 13.3. The minimum absolute atomic E-state index is 0.376. The van der Waals surface area contributed by atoms with Crippen LogP contribution < -0.4 is 9.47 Å². The van der Waals surface area contributed by atoms with E-state index in [2.05, 4.69) is 15.0 Å². The summed E-state index contributed by atoms with van der Waals surface area (Å²) < 4.78 is 11.4. The molecule has 4 aromatic rings. The van der Waals surface area contributed by atoms with E-state index in [0.29, 0.717) is 28.8 Å². The number of benzene rings is 2. The van der Waals surface area contributed by atoms with Crippen molar-refractivity contribution in [3.05, 3.63) is 72.6 Å². The van der Waals surface area contributed by atoms with E-state index in [1.165, 1.54) is 0 Å². The quantitative estimate of drug-likeness (QED) is 0.496. The predicted octanol–water partition coefficient (Wildman–Crippen LogP) is 4.31. The number of carbonyl (C=O) groups excluding carboxylic acids is 1. The summed E-state index contributed by atoms with van der Waals surface area (Å²) in [4.78, 5) is 24.4. The third-order valence-electron chi connectivity index (χ3n) is 4.02. The summed E-state index contributed by atoms with van der Waals surface area (Å²) in [6, 6.07) is 16.2. The number of hydrogen-bond donors (Lipinski definition) is 0. The lowest BCUT2D eigenvalue weighted by atomic mass is 10.2. The van der Waals surface area contributed by atoms with Gasteiger partial charge in [-0.15, -0.1) is 0 Å². The van der Waals surface area contributed by atoms with Crippen LogP contribution in [0.15, 0.2) is 67.0 Å². The molecule has 0 saturated carbocycles. The Labute approximate surface area is 155 Å². The summed E-state index contributed by atoms with van der Waals surface area (Å²) in [7, 11) is 1.54. The maximum atomic E-state index is 11.1. The number of ether oxygens (including phenoxy) is 2. The summed E-state index contributed by atoms with van der Waals surface area (Å²) in [6.07, 6.45) is 4.14. The number of rotatable bonds is 5. The van der Waals surface area contributed by atoms with Crippen LogP contribution in [0.5, 0.6) is 17.4 Å². The van der Waals surface area contributed by atoms with Crippen molar-refractivity contribution in [3.8, 4) is 28.8 Å². The first-order valence-electron chi connectivity index (χ1n) is 8.27. The number of methoxy groups -OCH3 is 1. The molecule has 0 aliphatic carbocycles. The highest BCUT2D eigenvalue weighted by molar-refractivity contribution is 5.85. The number of hydrogen-bond acceptors (Lipinski definition) is 6. The Balaban J connectivity index is 1.87. The summed E-state index contributed by atoms with van der Waals surface area (Å²) in [5, 5.41) is 0.753. The average Bonchev–Trinajstić information content (AvgIpc) is 2.74. The molecule has 0 saturated heterocycles. The van der Waals surface area contributed by atoms with Crippen LogP contribution >= 0.6 is 0 Å². The highest BCUT2D eigenvalue weighted by Gasteiger charge is 2.14. The van der Waals surface area contributed by atoms with Gasteiger partial charge >= 0.3 is 0 Å². The molecule has 0 bridgehead atoms. The zero-order valence-corrected chi connectivity index (χ0v) is 14.5. The predicted molar refractivity (Wildman–Crippen MR) is 101 cm³/mol. The monoisotopic (exact) mass is 357 g/mol. The summed E-state index contributed by atoms with van der Waals surface area (Å²) >= 11 is 0. The van der Waals surface area contributed by atoms with Gasteiger partial charge in [0.25, 0.3) is 0 Å². The highest BCUT2D eigenvalue weighted by Crippen LogP contribution is 2.35. The first-order valence-corrected chi connectivity index (χ1v) is 8.27. The molecule has 132 valence electrons. The van der Waals surface area contributed by atoms with Crippen LogP contribution in [-0.2, 0) is 0 Å². The minimum Gasteiger partial charge on any atom is -0.493 e. The van der Waals surface area contributed by atoms with Crippen molar-refractivity contribution in [2.45, 2.75) is 0 Å². The van der Waals surface area contributed by atoms with Crippen LogP contribution in [0, 0.1) is 0 Å². The van der Waals surface area contributed by atoms with Crippen LogP contribution in [0.4, 0.5) is 0 Å². The summed E-state index contributed by atoms with van der Waals surface area (Å²) in [5.74, 6) is 1.79. The van der Waals surface area contributed by atoms with Gasteiger partial charge in [0.05, 0.1) is 18.0 Å². The van der Waals surface area contributed by atoms with Gasteiger partial charge in [-0.05, 0) is 42.5 Å². The third kappa shape index (κ3) is 3.32. The Bertz CT molecular complexity index is 1110. The fraction of sp³-hybridized carbons (Fsp3) is 0.0476. The van der Waals surface area contributed by atoms with E-state index in [1.807, 2.05) is 36.4 Å². The first kappa shape index (κ1) is 16.7. The molecule has 0 amide bonds. The number of para-hydroxylation sites is 1. The van der Waals surface area contributed by atoms with E-state index in [0.717, 1.165) is 22.8 Å². The van der Waals surface area contributed by atoms with Crippen molar-refractivity contribution in [1.82, 2.24) is 15.0 Å². The zero-order valence-electron chi connectivity index (χ0n) is 14.5. The fourth-order valence-corrected chi connectivity index (χ4v) is 2.70. The molecule has 2 aromatic heterocycles. The molecule has 6 heteroatoms. The van der Waals surface area contributed by atoms with Gasteiger partial charge in [-0.25, -0.2) is 4.98 Å². The van der Waals surface area contributed by atoms with E-state index in [9.17, 15) is 4.79 Å². The van der Waals surface area contributed by atoms with Gasteiger partial charge in [-0.2, -0.15) is 4.98 Å². The number of carbonyl (C=O) groups is 1. The second-order valence-electron chi connectivity index (χ2n) is 5.74. The maximum Gasteiger partial charge on any atom is 0.230 e. The lowest BCUT2D eigenvalue weighted by molar-refractivity contribution is 0.112. The highest BCUT2D eigenvalue weighted by atomic mass is 16.5. The summed E-state index contributed by atoms with van der Waals surface area (Å²) in [6.45, 7) is 0. The molecular formula is C21H15N3O3. The van der Waals surface area contributed by atoms with E-state index in [-0.39, 0.29) is 0 Å². The van der Waals surface area contributed by atoms with Gasteiger partial charge in [0.2, 0.25) is 5.88 Å². The number of aromatic nitrogens is 3. The summed E-state index contributed by atoms with van der Waals surface area (Å²) in [5.41, 5.74) is 2.00.